The van der Waals surface area contributed by atoms with Gasteiger partial charge in [0.05, 0.1) is 39.6 Å². The molecule has 1 N–H and O–H groups in total. The van der Waals surface area contributed by atoms with Gasteiger partial charge in [0.1, 0.15) is 6.61 Å². The van der Waals surface area contributed by atoms with Crippen LogP contribution in [0.4, 0.5) is 4.79 Å². The number of hydrogen-bond donors (Lipinski definition) is 1. The van der Waals surface area contributed by atoms with Crippen molar-refractivity contribution in [2.75, 3.05) is 66.0 Å². The lowest BCUT2D eigenvalue weighted by atomic mass is 9.98. The zero-order chi connectivity index (χ0) is 25.4. The number of alkyl carbamates (subject to hydrolysis) is 1. The highest BCUT2D eigenvalue weighted by molar-refractivity contribution is 5.79. The van der Waals surface area contributed by atoms with Crippen molar-refractivity contribution in [2.45, 2.75) is 32.6 Å². The topological polar surface area (TPSA) is 75.3 Å². The molecule has 0 saturated carbocycles. The molecule has 0 fully saturated rings. The monoisotopic (exact) mass is 499 g/mol. The first-order chi connectivity index (χ1) is 17.7. The van der Waals surface area contributed by atoms with E-state index in [0.29, 0.717) is 71.7 Å². The average molecular weight is 500 g/mol. The second-order valence-electron chi connectivity index (χ2n) is 9.03. The van der Waals surface area contributed by atoms with E-state index in [1.165, 1.54) is 22.3 Å². The Hall–Kier alpha value is -2.45. The quantitative estimate of drug-likeness (QED) is 0.290. The van der Waals surface area contributed by atoms with Gasteiger partial charge >= 0.3 is 6.09 Å². The zero-order valence-corrected chi connectivity index (χ0v) is 21.7. The van der Waals surface area contributed by atoms with Gasteiger partial charge in [-0.05, 0) is 34.6 Å². The van der Waals surface area contributed by atoms with Crippen molar-refractivity contribution in [2.24, 2.45) is 5.92 Å². The lowest BCUT2D eigenvalue weighted by Gasteiger charge is -2.14. The summed E-state index contributed by atoms with van der Waals surface area (Å²) in [6, 6.07) is 16.6. The number of carbonyl (C=O) groups is 1. The van der Waals surface area contributed by atoms with Crippen molar-refractivity contribution >= 4 is 6.09 Å². The van der Waals surface area contributed by atoms with Crippen molar-refractivity contribution in [3.63, 3.8) is 0 Å². The fourth-order valence-electron chi connectivity index (χ4n) is 4.08. The van der Waals surface area contributed by atoms with E-state index in [-0.39, 0.29) is 5.92 Å². The predicted molar refractivity (Wildman–Crippen MR) is 140 cm³/mol. The van der Waals surface area contributed by atoms with Crippen LogP contribution in [0, 0.1) is 5.92 Å². The van der Waals surface area contributed by atoms with Crippen molar-refractivity contribution in [3.05, 3.63) is 59.7 Å². The third-order valence-corrected chi connectivity index (χ3v) is 6.29. The van der Waals surface area contributed by atoms with Gasteiger partial charge in [0.25, 0.3) is 0 Å². The van der Waals surface area contributed by atoms with E-state index in [0.717, 1.165) is 13.0 Å². The van der Waals surface area contributed by atoms with Gasteiger partial charge in [0.15, 0.2) is 0 Å². The van der Waals surface area contributed by atoms with E-state index in [2.05, 4.69) is 43.4 Å². The molecule has 1 aliphatic rings. The SMILES string of the molecule is CCC(C)COCCOCCOCCOCCCNC(=O)OCC1c2ccccc2-c2ccccc21. The Balaban J connectivity index is 1.15. The van der Waals surface area contributed by atoms with Crippen molar-refractivity contribution in [1.29, 1.82) is 0 Å². The summed E-state index contributed by atoms with van der Waals surface area (Å²) < 4.78 is 27.6. The molecule has 0 saturated heterocycles. The summed E-state index contributed by atoms with van der Waals surface area (Å²) in [5, 5.41) is 2.80. The highest BCUT2D eigenvalue weighted by Gasteiger charge is 2.28. The Labute approximate surface area is 215 Å². The van der Waals surface area contributed by atoms with E-state index < -0.39 is 6.09 Å². The van der Waals surface area contributed by atoms with Crippen LogP contribution in [0.15, 0.2) is 48.5 Å². The van der Waals surface area contributed by atoms with Gasteiger partial charge in [-0.25, -0.2) is 4.79 Å². The first-order valence-corrected chi connectivity index (χ1v) is 13.1. The van der Waals surface area contributed by atoms with Gasteiger partial charge in [-0.15, -0.1) is 0 Å². The van der Waals surface area contributed by atoms with Crippen LogP contribution in [0.3, 0.4) is 0 Å². The molecule has 1 amide bonds. The molecule has 7 nitrogen and oxygen atoms in total. The maximum atomic E-state index is 12.2. The van der Waals surface area contributed by atoms with Gasteiger partial charge in [-0.3, -0.25) is 0 Å². The lowest BCUT2D eigenvalue weighted by molar-refractivity contribution is -0.00548. The molecule has 3 rings (SSSR count). The van der Waals surface area contributed by atoms with Crippen molar-refractivity contribution in [1.82, 2.24) is 5.32 Å². The van der Waals surface area contributed by atoms with Crippen LogP contribution in [-0.4, -0.2) is 72.1 Å². The molecule has 0 heterocycles. The van der Waals surface area contributed by atoms with Gasteiger partial charge < -0.3 is 29.0 Å². The number of rotatable bonds is 18. The maximum absolute atomic E-state index is 12.2. The Morgan fingerprint density at radius 1 is 0.806 bits per heavy atom. The molecule has 0 aromatic heterocycles. The molecule has 0 bridgehead atoms. The van der Waals surface area contributed by atoms with Crippen LogP contribution in [0.2, 0.25) is 0 Å². The lowest BCUT2D eigenvalue weighted by Crippen LogP contribution is -2.27. The van der Waals surface area contributed by atoms with E-state index in [1.807, 2.05) is 24.3 Å². The molecular weight excluding hydrogens is 458 g/mol. The number of ether oxygens (including phenoxy) is 5. The minimum atomic E-state index is -0.398. The van der Waals surface area contributed by atoms with Gasteiger partial charge in [0.2, 0.25) is 0 Å². The Bertz CT molecular complexity index is 859. The van der Waals surface area contributed by atoms with Gasteiger partial charge in [0, 0.05) is 25.7 Å². The number of benzene rings is 2. The van der Waals surface area contributed by atoms with Crippen LogP contribution < -0.4 is 5.32 Å². The minimum absolute atomic E-state index is 0.0693. The summed E-state index contributed by atoms with van der Waals surface area (Å²) in [5.41, 5.74) is 4.86. The number of fused-ring (bicyclic) bond motifs is 3. The van der Waals surface area contributed by atoms with E-state index >= 15 is 0 Å². The fraction of sp³-hybridized carbons (Fsp3) is 0.552. The van der Waals surface area contributed by atoms with E-state index in [9.17, 15) is 4.79 Å². The summed E-state index contributed by atoms with van der Waals surface area (Å²) >= 11 is 0. The third kappa shape index (κ3) is 9.21. The summed E-state index contributed by atoms with van der Waals surface area (Å²) in [6.07, 6.45) is 1.45. The average Bonchev–Trinajstić information content (AvgIpc) is 3.23. The van der Waals surface area contributed by atoms with E-state index in [1.54, 1.807) is 0 Å². The third-order valence-electron chi connectivity index (χ3n) is 6.29. The van der Waals surface area contributed by atoms with Crippen LogP contribution in [0.5, 0.6) is 0 Å². The van der Waals surface area contributed by atoms with Gasteiger partial charge in [-0.1, -0.05) is 68.8 Å². The number of amides is 1. The predicted octanol–water partition coefficient (Wildman–Crippen LogP) is 5.03. The van der Waals surface area contributed by atoms with Crippen LogP contribution in [-0.2, 0) is 23.7 Å². The molecule has 2 aromatic rings. The first kappa shape index (κ1) is 28.1. The minimum Gasteiger partial charge on any atom is -0.449 e. The van der Waals surface area contributed by atoms with Gasteiger partial charge in [-0.2, -0.15) is 0 Å². The number of nitrogens with one attached hydrogen (secondary N) is 1. The van der Waals surface area contributed by atoms with Crippen LogP contribution in [0.25, 0.3) is 11.1 Å². The highest BCUT2D eigenvalue weighted by Crippen LogP contribution is 2.44. The van der Waals surface area contributed by atoms with E-state index in [4.69, 9.17) is 23.7 Å². The molecule has 1 unspecified atom stereocenters. The smallest absolute Gasteiger partial charge is 0.407 e. The van der Waals surface area contributed by atoms with Crippen molar-refractivity contribution < 1.29 is 28.5 Å². The molecule has 1 aliphatic carbocycles. The Morgan fingerprint density at radius 3 is 1.92 bits per heavy atom. The number of carbonyl (C=O) groups excluding carboxylic acids is 1. The molecule has 198 valence electrons. The second kappa shape index (κ2) is 16.3. The van der Waals surface area contributed by atoms with Crippen molar-refractivity contribution in [3.8, 4) is 11.1 Å². The van der Waals surface area contributed by atoms with Crippen LogP contribution in [0.1, 0.15) is 43.7 Å². The highest BCUT2D eigenvalue weighted by atomic mass is 16.6. The zero-order valence-electron chi connectivity index (χ0n) is 21.7. The molecule has 1 atom stereocenters. The fourth-order valence-corrected chi connectivity index (χ4v) is 4.08. The molecule has 36 heavy (non-hydrogen) atoms. The molecule has 2 aromatic carbocycles. The molecular formula is C29H41NO6. The molecule has 7 heteroatoms. The van der Waals surface area contributed by atoms with Crippen LogP contribution >= 0.6 is 0 Å². The summed E-state index contributed by atoms with van der Waals surface area (Å²) in [5.74, 6) is 0.664. The Kier molecular flexibility index (Phi) is 12.8. The normalized spacial score (nSPS) is 13.3. The first-order valence-electron chi connectivity index (χ1n) is 13.1. The standard InChI is InChI=1S/C29H41NO6/c1-3-23(2)21-35-20-19-34-18-17-33-16-15-32-14-8-13-30-29(31)36-22-28-26-11-6-4-9-24(26)25-10-5-7-12-27(25)28/h4-7,9-12,23,28H,3,8,13-22H2,1-2H3,(H,30,31). The molecule has 0 radical (unpaired) electrons. The second-order valence-corrected chi connectivity index (χ2v) is 9.03. The summed E-state index contributed by atoms with van der Waals surface area (Å²) in [4.78, 5) is 12.2. The Morgan fingerprint density at radius 2 is 1.33 bits per heavy atom. The maximum Gasteiger partial charge on any atom is 0.407 e. The number of hydrogen-bond acceptors (Lipinski definition) is 6. The largest absolute Gasteiger partial charge is 0.449 e. The summed E-state index contributed by atoms with van der Waals surface area (Å²) in [6.45, 7) is 9.85. The molecule has 0 aliphatic heterocycles. The molecule has 0 spiro atoms. The summed E-state index contributed by atoms with van der Waals surface area (Å²) in [7, 11) is 0.